The first-order valence-electron chi connectivity index (χ1n) is 4.34. The third-order valence-electron chi connectivity index (χ3n) is 2.04. The summed E-state index contributed by atoms with van der Waals surface area (Å²) >= 11 is 0. The number of nitrogens with one attached hydrogen (secondary N) is 1. The SMILES string of the molecule is CNC[C@@H](O)CN1CCCC1=O. The van der Waals surface area contributed by atoms with Gasteiger partial charge in [0.1, 0.15) is 0 Å². The van der Waals surface area contributed by atoms with Crippen molar-refractivity contribution in [2.24, 2.45) is 0 Å². The number of likely N-dealkylation sites (N-methyl/N-ethyl adjacent to an activating group) is 1. The van der Waals surface area contributed by atoms with Crippen LogP contribution in [0.5, 0.6) is 0 Å². The molecule has 0 aromatic carbocycles. The standard InChI is InChI=1S/C8H16N2O2/c1-9-5-7(11)6-10-4-2-3-8(10)12/h7,9,11H,2-6H2,1H3/t7-/m1/s1. The zero-order valence-electron chi connectivity index (χ0n) is 7.42. The van der Waals surface area contributed by atoms with Crippen LogP contribution in [0.3, 0.4) is 0 Å². The van der Waals surface area contributed by atoms with Crippen LogP contribution in [0.4, 0.5) is 0 Å². The summed E-state index contributed by atoms with van der Waals surface area (Å²) in [7, 11) is 1.79. The maximum Gasteiger partial charge on any atom is 0.222 e. The number of amides is 1. The van der Waals surface area contributed by atoms with Gasteiger partial charge < -0.3 is 15.3 Å². The molecule has 0 aromatic heterocycles. The third-order valence-corrected chi connectivity index (χ3v) is 2.04. The highest BCUT2D eigenvalue weighted by molar-refractivity contribution is 5.78. The lowest BCUT2D eigenvalue weighted by molar-refractivity contribution is -0.128. The van der Waals surface area contributed by atoms with Gasteiger partial charge in [-0.3, -0.25) is 4.79 Å². The third kappa shape index (κ3) is 2.46. The maximum absolute atomic E-state index is 11.1. The lowest BCUT2D eigenvalue weighted by Crippen LogP contribution is -2.37. The monoisotopic (exact) mass is 172 g/mol. The van der Waals surface area contributed by atoms with Crippen molar-refractivity contribution in [3.05, 3.63) is 0 Å². The van der Waals surface area contributed by atoms with Crippen molar-refractivity contribution in [3.8, 4) is 0 Å². The Bertz CT molecular complexity index is 161. The summed E-state index contributed by atoms with van der Waals surface area (Å²) in [5.74, 6) is 0.171. The van der Waals surface area contributed by atoms with Gasteiger partial charge in [0, 0.05) is 26.1 Å². The van der Waals surface area contributed by atoms with Crippen molar-refractivity contribution >= 4 is 5.91 Å². The average molecular weight is 172 g/mol. The van der Waals surface area contributed by atoms with Gasteiger partial charge in [0.25, 0.3) is 0 Å². The lowest BCUT2D eigenvalue weighted by Gasteiger charge is -2.19. The fourth-order valence-corrected chi connectivity index (χ4v) is 1.45. The first-order valence-corrected chi connectivity index (χ1v) is 4.34. The van der Waals surface area contributed by atoms with Crippen molar-refractivity contribution in [1.82, 2.24) is 10.2 Å². The Morgan fingerprint density at radius 1 is 1.75 bits per heavy atom. The van der Waals surface area contributed by atoms with Crippen LogP contribution in [-0.2, 0) is 4.79 Å². The van der Waals surface area contributed by atoms with E-state index in [1.807, 2.05) is 0 Å². The molecule has 0 radical (unpaired) electrons. The molecule has 12 heavy (non-hydrogen) atoms. The van der Waals surface area contributed by atoms with Crippen LogP contribution < -0.4 is 5.32 Å². The van der Waals surface area contributed by atoms with Gasteiger partial charge in [-0.2, -0.15) is 0 Å². The zero-order valence-corrected chi connectivity index (χ0v) is 7.42. The molecule has 0 spiro atoms. The molecule has 0 bridgehead atoms. The highest BCUT2D eigenvalue weighted by Gasteiger charge is 2.21. The van der Waals surface area contributed by atoms with E-state index in [1.165, 1.54) is 0 Å². The van der Waals surface area contributed by atoms with E-state index in [1.54, 1.807) is 11.9 Å². The minimum atomic E-state index is -0.433. The molecule has 0 unspecified atom stereocenters. The van der Waals surface area contributed by atoms with E-state index < -0.39 is 6.10 Å². The second-order valence-electron chi connectivity index (χ2n) is 3.15. The Kier molecular flexibility index (Phi) is 3.49. The van der Waals surface area contributed by atoms with E-state index >= 15 is 0 Å². The Labute approximate surface area is 72.6 Å². The van der Waals surface area contributed by atoms with E-state index in [0.717, 1.165) is 13.0 Å². The van der Waals surface area contributed by atoms with Crippen molar-refractivity contribution < 1.29 is 9.90 Å². The van der Waals surface area contributed by atoms with Crippen LogP contribution in [0.25, 0.3) is 0 Å². The summed E-state index contributed by atoms with van der Waals surface area (Å²) in [5, 5.41) is 12.2. The average Bonchev–Trinajstić information content (AvgIpc) is 2.37. The number of carbonyl (C=O) groups excluding carboxylic acids is 1. The second kappa shape index (κ2) is 4.42. The molecule has 0 saturated carbocycles. The van der Waals surface area contributed by atoms with Crippen LogP contribution in [0.1, 0.15) is 12.8 Å². The minimum absolute atomic E-state index is 0.171. The molecular weight excluding hydrogens is 156 g/mol. The van der Waals surface area contributed by atoms with Crippen LogP contribution in [-0.4, -0.2) is 48.7 Å². The summed E-state index contributed by atoms with van der Waals surface area (Å²) in [6.45, 7) is 1.82. The van der Waals surface area contributed by atoms with Gasteiger partial charge in [0.15, 0.2) is 0 Å². The van der Waals surface area contributed by atoms with Crippen LogP contribution in [0, 0.1) is 0 Å². The molecule has 4 heteroatoms. The van der Waals surface area contributed by atoms with Gasteiger partial charge in [-0.1, -0.05) is 0 Å². The molecule has 2 N–H and O–H groups in total. The Balaban J connectivity index is 2.25. The summed E-state index contributed by atoms with van der Waals surface area (Å²) in [4.78, 5) is 12.8. The predicted molar refractivity (Wildman–Crippen MR) is 45.7 cm³/mol. The van der Waals surface area contributed by atoms with Crippen molar-refractivity contribution in [2.45, 2.75) is 18.9 Å². The number of hydrogen-bond donors (Lipinski definition) is 2. The van der Waals surface area contributed by atoms with Gasteiger partial charge in [0.2, 0.25) is 5.91 Å². The van der Waals surface area contributed by atoms with Gasteiger partial charge in [0.05, 0.1) is 6.10 Å². The largest absolute Gasteiger partial charge is 0.390 e. The molecule has 0 aromatic rings. The topological polar surface area (TPSA) is 52.6 Å². The van der Waals surface area contributed by atoms with E-state index in [0.29, 0.717) is 19.5 Å². The normalized spacial score (nSPS) is 20.2. The fourth-order valence-electron chi connectivity index (χ4n) is 1.45. The molecule has 1 atom stereocenters. The number of likely N-dealkylation sites (tertiary alicyclic amines) is 1. The van der Waals surface area contributed by atoms with Gasteiger partial charge in [-0.25, -0.2) is 0 Å². The quantitative estimate of drug-likeness (QED) is 0.583. The van der Waals surface area contributed by atoms with Crippen molar-refractivity contribution in [1.29, 1.82) is 0 Å². The highest BCUT2D eigenvalue weighted by atomic mass is 16.3. The molecule has 1 heterocycles. The van der Waals surface area contributed by atoms with Crippen LogP contribution in [0.2, 0.25) is 0 Å². The first-order chi connectivity index (χ1) is 5.74. The Morgan fingerprint density at radius 3 is 3.00 bits per heavy atom. The predicted octanol–water partition coefficient (Wildman–Crippen LogP) is -0.811. The van der Waals surface area contributed by atoms with Crippen molar-refractivity contribution in [2.75, 3.05) is 26.7 Å². The summed E-state index contributed by atoms with van der Waals surface area (Å²) in [5.41, 5.74) is 0. The molecule has 1 saturated heterocycles. The second-order valence-corrected chi connectivity index (χ2v) is 3.15. The molecule has 70 valence electrons. The highest BCUT2D eigenvalue weighted by Crippen LogP contribution is 2.09. The molecule has 0 aliphatic carbocycles. The van der Waals surface area contributed by atoms with E-state index in [2.05, 4.69) is 5.32 Å². The lowest BCUT2D eigenvalue weighted by atomic mass is 10.3. The zero-order chi connectivity index (χ0) is 8.97. The number of aliphatic hydroxyl groups excluding tert-OH is 1. The molecule has 4 nitrogen and oxygen atoms in total. The van der Waals surface area contributed by atoms with E-state index in [9.17, 15) is 9.90 Å². The van der Waals surface area contributed by atoms with Gasteiger partial charge in [-0.15, -0.1) is 0 Å². The number of rotatable bonds is 4. The number of aliphatic hydroxyl groups is 1. The number of hydrogen-bond acceptors (Lipinski definition) is 3. The molecule has 1 fully saturated rings. The molecule has 1 rings (SSSR count). The summed E-state index contributed by atoms with van der Waals surface area (Å²) < 4.78 is 0. The number of nitrogens with zero attached hydrogens (tertiary/aromatic N) is 1. The van der Waals surface area contributed by atoms with E-state index in [4.69, 9.17) is 0 Å². The summed E-state index contributed by atoms with van der Waals surface area (Å²) in [6, 6.07) is 0. The molecule has 1 amide bonds. The first kappa shape index (κ1) is 9.48. The summed E-state index contributed by atoms with van der Waals surface area (Å²) in [6.07, 6.45) is 1.15. The van der Waals surface area contributed by atoms with Crippen LogP contribution >= 0.6 is 0 Å². The van der Waals surface area contributed by atoms with Crippen molar-refractivity contribution in [3.63, 3.8) is 0 Å². The van der Waals surface area contributed by atoms with Crippen LogP contribution in [0.15, 0.2) is 0 Å². The Hall–Kier alpha value is -0.610. The van der Waals surface area contributed by atoms with Gasteiger partial charge in [-0.05, 0) is 13.5 Å². The minimum Gasteiger partial charge on any atom is -0.390 e. The number of β-amino-alcohol motifs (C(OH)–C–C–N with tert-alkyl or cyclic N) is 1. The van der Waals surface area contributed by atoms with Gasteiger partial charge >= 0.3 is 0 Å². The fraction of sp³-hybridized carbons (Fsp3) is 0.875. The maximum atomic E-state index is 11.1. The molecule has 1 aliphatic heterocycles. The number of carbonyl (C=O) groups is 1. The molecule has 1 aliphatic rings. The molecular formula is C8H16N2O2. The Morgan fingerprint density at radius 2 is 2.50 bits per heavy atom. The smallest absolute Gasteiger partial charge is 0.222 e. The van der Waals surface area contributed by atoms with E-state index in [-0.39, 0.29) is 5.91 Å².